The summed E-state index contributed by atoms with van der Waals surface area (Å²) in [7, 11) is 0. The first kappa shape index (κ1) is 10.6. The topological polar surface area (TPSA) is 52.1 Å². The van der Waals surface area contributed by atoms with E-state index in [9.17, 15) is 5.11 Å². The molecule has 0 bridgehead atoms. The lowest BCUT2D eigenvalue weighted by molar-refractivity contribution is 0.0418. The van der Waals surface area contributed by atoms with Crippen LogP contribution in [0.2, 0.25) is 0 Å². The van der Waals surface area contributed by atoms with E-state index in [4.69, 9.17) is 0 Å². The molecule has 0 radical (unpaired) electrons. The average Bonchev–Trinajstić information content (AvgIpc) is 2.71. The maximum atomic E-state index is 9.34. The van der Waals surface area contributed by atoms with Gasteiger partial charge in [-0.2, -0.15) is 0 Å². The number of imidazole rings is 1. The van der Waals surface area contributed by atoms with Crippen LogP contribution in [-0.4, -0.2) is 39.7 Å². The number of hydrogen-bond donors (Lipinski definition) is 2. The molecule has 1 aromatic heterocycles. The monoisotopic (exact) mass is 209 g/mol. The van der Waals surface area contributed by atoms with Crippen molar-refractivity contribution in [1.82, 2.24) is 14.9 Å². The average molecular weight is 209 g/mol. The third kappa shape index (κ3) is 2.58. The Morgan fingerprint density at radius 2 is 2.53 bits per heavy atom. The highest BCUT2D eigenvalue weighted by molar-refractivity contribution is 4.90. The predicted molar refractivity (Wildman–Crippen MR) is 58.3 cm³/mol. The Hall–Kier alpha value is -0.870. The summed E-state index contributed by atoms with van der Waals surface area (Å²) in [5, 5.41) is 9.34. The molecule has 1 aliphatic rings. The van der Waals surface area contributed by atoms with Crippen LogP contribution in [0.15, 0.2) is 12.4 Å². The molecule has 4 heteroatoms. The molecule has 1 aromatic rings. The minimum atomic E-state index is 0.0742. The second-order valence-electron chi connectivity index (χ2n) is 4.82. The lowest BCUT2D eigenvalue weighted by atomic mass is 9.83. The number of hydrogen-bond acceptors (Lipinski definition) is 3. The minimum Gasteiger partial charge on any atom is -0.396 e. The number of aliphatic hydroxyl groups excluding tert-OH is 1. The summed E-state index contributed by atoms with van der Waals surface area (Å²) in [5.41, 5.74) is 0.0742. The molecule has 1 saturated heterocycles. The molecule has 2 heterocycles. The molecule has 2 N–H and O–H groups in total. The van der Waals surface area contributed by atoms with Crippen LogP contribution in [0.25, 0.3) is 0 Å². The number of aromatic amines is 1. The first-order chi connectivity index (χ1) is 7.22. The van der Waals surface area contributed by atoms with Crippen molar-refractivity contribution in [3.05, 3.63) is 18.2 Å². The van der Waals surface area contributed by atoms with E-state index in [-0.39, 0.29) is 12.0 Å². The second-order valence-corrected chi connectivity index (χ2v) is 4.82. The van der Waals surface area contributed by atoms with Gasteiger partial charge >= 0.3 is 0 Å². The molecule has 84 valence electrons. The summed E-state index contributed by atoms with van der Waals surface area (Å²) in [6.45, 7) is 5.37. The van der Waals surface area contributed by atoms with Gasteiger partial charge < -0.3 is 10.1 Å². The lowest BCUT2D eigenvalue weighted by Crippen LogP contribution is -2.43. The third-order valence-electron chi connectivity index (χ3n) is 3.17. The fourth-order valence-electron chi connectivity index (χ4n) is 2.29. The summed E-state index contributed by atoms with van der Waals surface area (Å²) in [5.74, 6) is 1.01. The highest BCUT2D eigenvalue weighted by Crippen LogP contribution is 2.29. The van der Waals surface area contributed by atoms with Gasteiger partial charge in [-0.1, -0.05) is 6.92 Å². The highest BCUT2D eigenvalue weighted by atomic mass is 16.3. The Morgan fingerprint density at radius 3 is 3.20 bits per heavy atom. The molecule has 0 amide bonds. The van der Waals surface area contributed by atoms with Gasteiger partial charge in [-0.25, -0.2) is 4.98 Å². The lowest BCUT2D eigenvalue weighted by Gasteiger charge is -2.38. The molecule has 0 aliphatic carbocycles. The molecule has 2 rings (SSSR count). The number of rotatable bonds is 3. The van der Waals surface area contributed by atoms with E-state index in [2.05, 4.69) is 21.8 Å². The number of aromatic nitrogens is 2. The Labute approximate surface area is 90.3 Å². The number of nitrogens with zero attached hydrogens (tertiary/aromatic N) is 2. The van der Waals surface area contributed by atoms with Crippen molar-refractivity contribution in [2.24, 2.45) is 5.41 Å². The van der Waals surface area contributed by atoms with Crippen molar-refractivity contribution in [1.29, 1.82) is 0 Å². The molecule has 1 unspecified atom stereocenters. The molecule has 1 atom stereocenters. The zero-order valence-corrected chi connectivity index (χ0v) is 9.24. The first-order valence-electron chi connectivity index (χ1n) is 5.53. The van der Waals surface area contributed by atoms with Crippen LogP contribution < -0.4 is 0 Å². The van der Waals surface area contributed by atoms with Gasteiger partial charge in [0.25, 0.3) is 0 Å². The molecule has 4 nitrogen and oxygen atoms in total. The van der Waals surface area contributed by atoms with Gasteiger partial charge in [0.15, 0.2) is 0 Å². The Bertz CT molecular complexity index is 299. The molecule has 1 aliphatic heterocycles. The zero-order valence-electron chi connectivity index (χ0n) is 9.24. The van der Waals surface area contributed by atoms with E-state index < -0.39 is 0 Å². The summed E-state index contributed by atoms with van der Waals surface area (Å²) < 4.78 is 0. The van der Waals surface area contributed by atoms with Crippen molar-refractivity contribution < 1.29 is 5.11 Å². The van der Waals surface area contributed by atoms with E-state index in [1.165, 1.54) is 0 Å². The predicted octanol–water partition coefficient (Wildman–Crippen LogP) is 1.00. The fraction of sp³-hybridized carbons (Fsp3) is 0.727. The van der Waals surface area contributed by atoms with Crippen molar-refractivity contribution >= 4 is 0 Å². The highest BCUT2D eigenvalue weighted by Gasteiger charge is 2.30. The van der Waals surface area contributed by atoms with Crippen LogP contribution in [0, 0.1) is 5.41 Å². The van der Waals surface area contributed by atoms with Gasteiger partial charge in [-0.3, -0.25) is 4.90 Å². The van der Waals surface area contributed by atoms with Crippen molar-refractivity contribution in [3.63, 3.8) is 0 Å². The minimum absolute atomic E-state index is 0.0742. The first-order valence-corrected chi connectivity index (χ1v) is 5.53. The molecule has 15 heavy (non-hydrogen) atoms. The zero-order chi connectivity index (χ0) is 10.7. The third-order valence-corrected chi connectivity index (χ3v) is 3.17. The number of likely N-dealkylation sites (tertiary alicyclic amines) is 1. The van der Waals surface area contributed by atoms with E-state index in [0.29, 0.717) is 0 Å². The van der Waals surface area contributed by atoms with Gasteiger partial charge in [0.05, 0.1) is 6.54 Å². The SMILES string of the molecule is CC1(CO)CCCN(Cc2ncc[nH]2)C1. The van der Waals surface area contributed by atoms with Crippen molar-refractivity contribution in [3.8, 4) is 0 Å². The Balaban J connectivity index is 1.93. The fourth-order valence-corrected chi connectivity index (χ4v) is 2.29. The van der Waals surface area contributed by atoms with Crippen LogP contribution in [0.4, 0.5) is 0 Å². The standard InChI is InChI=1S/C11H19N3O/c1-11(9-15)3-2-6-14(8-11)7-10-12-4-5-13-10/h4-5,15H,2-3,6-9H2,1H3,(H,12,13). The number of piperidine rings is 1. The van der Waals surface area contributed by atoms with Crippen LogP contribution in [-0.2, 0) is 6.54 Å². The van der Waals surface area contributed by atoms with Crippen LogP contribution in [0.1, 0.15) is 25.6 Å². The van der Waals surface area contributed by atoms with Gasteiger partial charge in [0.2, 0.25) is 0 Å². The van der Waals surface area contributed by atoms with Gasteiger partial charge in [0.1, 0.15) is 5.82 Å². The van der Waals surface area contributed by atoms with Crippen LogP contribution >= 0.6 is 0 Å². The van der Waals surface area contributed by atoms with E-state index in [1.807, 2.05) is 6.20 Å². The van der Waals surface area contributed by atoms with Crippen molar-refractivity contribution in [2.45, 2.75) is 26.3 Å². The Morgan fingerprint density at radius 1 is 1.67 bits per heavy atom. The van der Waals surface area contributed by atoms with Gasteiger partial charge in [-0.15, -0.1) is 0 Å². The summed E-state index contributed by atoms with van der Waals surface area (Å²) in [4.78, 5) is 9.70. The molecular weight excluding hydrogens is 190 g/mol. The number of nitrogens with one attached hydrogen (secondary N) is 1. The Kier molecular flexibility index (Phi) is 3.07. The normalized spacial score (nSPS) is 28.1. The number of H-pyrrole nitrogens is 1. The van der Waals surface area contributed by atoms with E-state index in [0.717, 1.165) is 38.3 Å². The summed E-state index contributed by atoms with van der Waals surface area (Å²) >= 11 is 0. The largest absolute Gasteiger partial charge is 0.396 e. The summed E-state index contributed by atoms with van der Waals surface area (Å²) in [6, 6.07) is 0. The number of aliphatic hydroxyl groups is 1. The smallest absolute Gasteiger partial charge is 0.120 e. The van der Waals surface area contributed by atoms with Gasteiger partial charge in [-0.05, 0) is 19.4 Å². The maximum Gasteiger partial charge on any atom is 0.120 e. The molecule has 0 saturated carbocycles. The van der Waals surface area contributed by atoms with Crippen LogP contribution in [0.3, 0.4) is 0 Å². The van der Waals surface area contributed by atoms with Gasteiger partial charge in [0, 0.05) is 31.0 Å². The van der Waals surface area contributed by atoms with Crippen LogP contribution in [0.5, 0.6) is 0 Å². The second kappa shape index (κ2) is 4.33. The van der Waals surface area contributed by atoms with E-state index in [1.54, 1.807) is 6.20 Å². The summed E-state index contributed by atoms with van der Waals surface area (Å²) in [6.07, 6.45) is 5.92. The molecule has 0 spiro atoms. The van der Waals surface area contributed by atoms with Crippen molar-refractivity contribution in [2.75, 3.05) is 19.7 Å². The molecular formula is C11H19N3O. The molecule has 0 aromatic carbocycles. The quantitative estimate of drug-likeness (QED) is 0.781. The molecule has 1 fully saturated rings. The maximum absolute atomic E-state index is 9.34. The van der Waals surface area contributed by atoms with E-state index >= 15 is 0 Å².